The molecular formula is C23H27ClN2OS. The zero-order chi connectivity index (χ0) is 19.4. The Hall–Kier alpha value is -1.39. The first-order valence-electron chi connectivity index (χ1n) is 10.4. The fourth-order valence-electron chi connectivity index (χ4n) is 6.26. The molecule has 6 rings (SSSR count). The second kappa shape index (κ2) is 6.84. The molecule has 2 atom stereocenters. The van der Waals surface area contributed by atoms with Crippen LogP contribution in [0.1, 0.15) is 49.1 Å². The van der Waals surface area contributed by atoms with E-state index in [0.717, 1.165) is 54.8 Å². The van der Waals surface area contributed by atoms with Crippen LogP contribution in [0.5, 0.6) is 0 Å². The monoisotopic (exact) mass is 414 g/mol. The van der Waals surface area contributed by atoms with E-state index >= 15 is 0 Å². The number of benzene rings is 1. The third-order valence-electron chi connectivity index (χ3n) is 7.04. The normalized spacial score (nSPS) is 33.2. The van der Waals surface area contributed by atoms with Gasteiger partial charge in [0.25, 0.3) is 0 Å². The van der Waals surface area contributed by atoms with Crippen molar-refractivity contribution < 1.29 is 4.79 Å². The molecule has 4 fully saturated rings. The van der Waals surface area contributed by atoms with Crippen LogP contribution < -0.4 is 5.32 Å². The summed E-state index contributed by atoms with van der Waals surface area (Å²) in [5, 5.41) is 6.43. The van der Waals surface area contributed by atoms with Crippen molar-refractivity contribution in [1.82, 2.24) is 10.3 Å². The molecule has 2 unspecified atom stereocenters. The van der Waals surface area contributed by atoms with Gasteiger partial charge >= 0.3 is 0 Å². The number of amides is 1. The SMILES string of the molecule is Cc1nc(-c2ccc(CCNC(=O)C34CC5CC(CC(Cl)(C5)C3)C4)cc2)cs1. The number of rotatable bonds is 5. The summed E-state index contributed by atoms with van der Waals surface area (Å²) >= 11 is 8.55. The van der Waals surface area contributed by atoms with Crippen LogP contribution in [-0.2, 0) is 11.2 Å². The van der Waals surface area contributed by atoms with Gasteiger partial charge in [0.1, 0.15) is 0 Å². The summed E-state index contributed by atoms with van der Waals surface area (Å²) in [4.78, 5) is 17.5. The Labute approximate surface area is 175 Å². The smallest absolute Gasteiger partial charge is 0.226 e. The average Bonchev–Trinajstić information content (AvgIpc) is 3.06. The number of nitrogens with zero attached hydrogens (tertiary/aromatic N) is 1. The number of aromatic nitrogens is 1. The summed E-state index contributed by atoms with van der Waals surface area (Å²) < 4.78 is 0. The summed E-state index contributed by atoms with van der Waals surface area (Å²) in [6.45, 7) is 2.72. The Kier molecular flexibility index (Phi) is 4.55. The number of carbonyl (C=O) groups is 1. The fourth-order valence-corrected chi connectivity index (χ4v) is 7.58. The number of aryl methyl sites for hydroxylation is 1. The van der Waals surface area contributed by atoms with E-state index in [4.69, 9.17) is 11.6 Å². The molecule has 1 aromatic carbocycles. The van der Waals surface area contributed by atoms with Crippen molar-refractivity contribution in [3.63, 3.8) is 0 Å². The maximum Gasteiger partial charge on any atom is 0.226 e. The minimum atomic E-state index is -0.196. The molecule has 0 spiro atoms. The van der Waals surface area contributed by atoms with E-state index in [-0.39, 0.29) is 16.2 Å². The number of carbonyl (C=O) groups excluding carboxylic acids is 1. The van der Waals surface area contributed by atoms with E-state index in [1.807, 2.05) is 6.92 Å². The highest BCUT2D eigenvalue weighted by Crippen LogP contribution is 2.63. The Balaban J connectivity index is 1.19. The van der Waals surface area contributed by atoms with E-state index in [2.05, 4.69) is 39.9 Å². The quantitative estimate of drug-likeness (QED) is 0.669. The van der Waals surface area contributed by atoms with Gasteiger partial charge in [-0.25, -0.2) is 4.98 Å². The van der Waals surface area contributed by atoms with Gasteiger partial charge in [-0.1, -0.05) is 24.3 Å². The second-order valence-corrected chi connectivity index (χ2v) is 11.2. The van der Waals surface area contributed by atoms with Crippen molar-refractivity contribution in [2.45, 2.75) is 56.7 Å². The number of nitrogens with one attached hydrogen (secondary N) is 1. The summed E-state index contributed by atoms with van der Waals surface area (Å²) in [7, 11) is 0. The predicted molar refractivity (Wildman–Crippen MR) is 115 cm³/mol. The molecule has 4 aliphatic carbocycles. The van der Waals surface area contributed by atoms with Gasteiger partial charge in [0, 0.05) is 22.4 Å². The van der Waals surface area contributed by atoms with Gasteiger partial charge in [-0.3, -0.25) is 4.79 Å². The lowest BCUT2D eigenvalue weighted by Crippen LogP contribution is -2.58. The van der Waals surface area contributed by atoms with Crippen LogP contribution in [0, 0.1) is 24.2 Å². The van der Waals surface area contributed by atoms with Crippen LogP contribution in [0.2, 0.25) is 0 Å². The molecule has 1 amide bonds. The number of hydrogen-bond donors (Lipinski definition) is 1. The molecule has 0 saturated heterocycles. The van der Waals surface area contributed by atoms with Gasteiger partial charge in [0.05, 0.1) is 16.1 Å². The third kappa shape index (κ3) is 3.39. The van der Waals surface area contributed by atoms with E-state index in [0.29, 0.717) is 18.4 Å². The summed E-state index contributed by atoms with van der Waals surface area (Å²) in [5.41, 5.74) is 3.24. The van der Waals surface area contributed by atoms with Crippen LogP contribution >= 0.6 is 22.9 Å². The summed E-state index contributed by atoms with van der Waals surface area (Å²) in [6.07, 6.45) is 7.35. The van der Waals surface area contributed by atoms with Crippen LogP contribution in [0.25, 0.3) is 11.3 Å². The average molecular weight is 415 g/mol. The second-order valence-electron chi connectivity index (χ2n) is 9.35. The molecule has 0 radical (unpaired) electrons. The third-order valence-corrected chi connectivity index (χ3v) is 8.26. The lowest BCUT2D eigenvalue weighted by molar-refractivity contribution is -0.144. The van der Waals surface area contributed by atoms with Crippen LogP contribution in [-0.4, -0.2) is 22.3 Å². The maximum atomic E-state index is 13.1. The predicted octanol–water partition coefficient (Wildman–Crippen LogP) is 5.36. The van der Waals surface area contributed by atoms with Gasteiger partial charge in [-0.2, -0.15) is 0 Å². The van der Waals surface area contributed by atoms with Crippen molar-refractivity contribution in [1.29, 1.82) is 0 Å². The van der Waals surface area contributed by atoms with Crippen molar-refractivity contribution in [2.75, 3.05) is 6.54 Å². The molecule has 5 heteroatoms. The van der Waals surface area contributed by atoms with E-state index < -0.39 is 0 Å². The highest BCUT2D eigenvalue weighted by molar-refractivity contribution is 7.09. The van der Waals surface area contributed by atoms with Crippen molar-refractivity contribution in [2.24, 2.45) is 17.3 Å². The van der Waals surface area contributed by atoms with Crippen molar-refractivity contribution in [3.05, 3.63) is 40.2 Å². The molecule has 3 nitrogen and oxygen atoms in total. The summed E-state index contributed by atoms with van der Waals surface area (Å²) in [6, 6.07) is 8.55. The standard InChI is InChI=1S/C23H27ClN2OS/c1-15-26-20(13-28-15)19-4-2-16(3-5-19)6-7-25-21(27)22-9-17-8-18(10-22)12-23(24,11-17)14-22/h2-5,13,17-18H,6-12,14H2,1H3,(H,25,27). The van der Waals surface area contributed by atoms with Gasteiger partial charge < -0.3 is 5.32 Å². The van der Waals surface area contributed by atoms with E-state index in [9.17, 15) is 4.79 Å². The molecule has 4 saturated carbocycles. The molecule has 1 heterocycles. The first kappa shape index (κ1) is 18.6. The van der Waals surface area contributed by atoms with Crippen molar-refractivity contribution >= 4 is 28.8 Å². The zero-order valence-corrected chi connectivity index (χ0v) is 17.9. The molecule has 1 aromatic heterocycles. The molecule has 4 aliphatic rings. The molecule has 0 aliphatic heterocycles. The van der Waals surface area contributed by atoms with Crippen molar-refractivity contribution in [3.8, 4) is 11.3 Å². The first-order chi connectivity index (χ1) is 13.4. The number of alkyl halides is 1. The Bertz CT molecular complexity index is 876. The first-order valence-corrected chi connectivity index (χ1v) is 11.7. The fraction of sp³-hybridized carbons (Fsp3) is 0.565. The maximum absolute atomic E-state index is 13.1. The van der Waals surface area contributed by atoms with Gasteiger partial charge in [-0.05, 0) is 69.3 Å². The van der Waals surface area contributed by atoms with E-state index in [1.54, 1.807) is 11.3 Å². The minimum Gasteiger partial charge on any atom is -0.355 e. The van der Waals surface area contributed by atoms with Crippen LogP contribution in [0.3, 0.4) is 0 Å². The lowest BCUT2D eigenvalue weighted by Gasteiger charge is -2.59. The van der Waals surface area contributed by atoms with Gasteiger partial charge in [0.2, 0.25) is 5.91 Å². The van der Waals surface area contributed by atoms with Gasteiger partial charge in [0.15, 0.2) is 0 Å². The highest BCUT2D eigenvalue weighted by atomic mass is 35.5. The lowest BCUT2D eigenvalue weighted by atomic mass is 9.49. The molecular weight excluding hydrogens is 388 g/mol. The number of halogens is 1. The zero-order valence-electron chi connectivity index (χ0n) is 16.3. The van der Waals surface area contributed by atoms with Crippen LogP contribution in [0.15, 0.2) is 29.6 Å². The minimum absolute atomic E-state index is 0.106. The van der Waals surface area contributed by atoms with Gasteiger partial charge in [-0.15, -0.1) is 22.9 Å². The van der Waals surface area contributed by atoms with E-state index in [1.165, 1.54) is 12.0 Å². The molecule has 2 aromatic rings. The summed E-state index contributed by atoms with van der Waals surface area (Å²) in [5.74, 6) is 1.57. The molecule has 148 valence electrons. The Morgan fingerprint density at radius 2 is 1.93 bits per heavy atom. The molecule has 1 N–H and O–H groups in total. The topological polar surface area (TPSA) is 42.0 Å². The Morgan fingerprint density at radius 1 is 1.21 bits per heavy atom. The molecule has 4 bridgehead atoms. The molecule has 28 heavy (non-hydrogen) atoms. The largest absolute Gasteiger partial charge is 0.355 e. The van der Waals surface area contributed by atoms with Crippen LogP contribution in [0.4, 0.5) is 0 Å². The Morgan fingerprint density at radius 3 is 2.54 bits per heavy atom. The number of thiazole rings is 1. The highest BCUT2D eigenvalue weighted by Gasteiger charge is 2.59. The number of hydrogen-bond acceptors (Lipinski definition) is 3.